The van der Waals surface area contributed by atoms with Crippen molar-refractivity contribution >= 4 is 10.9 Å². The molecule has 2 nitrogen and oxygen atoms in total. The maximum Gasteiger partial charge on any atom is 0.105 e. The van der Waals surface area contributed by atoms with Crippen LogP contribution in [0.5, 0.6) is 0 Å². The molecule has 0 saturated heterocycles. The SMILES string of the molecule is N[C@H](CF)Cc1c[nH]c2ccccc12. The van der Waals surface area contributed by atoms with Gasteiger partial charge in [0.05, 0.1) is 0 Å². The van der Waals surface area contributed by atoms with Gasteiger partial charge in [-0.25, -0.2) is 4.39 Å². The highest BCUT2D eigenvalue weighted by molar-refractivity contribution is 5.83. The third kappa shape index (κ3) is 1.63. The van der Waals surface area contributed by atoms with Crippen molar-refractivity contribution in [2.75, 3.05) is 6.67 Å². The van der Waals surface area contributed by atoms with Gasteiger partial charge in [0.15, 0.2) is 0 Å². The van der Waals surface area contributed by atoms with Crippen LogP contribution in [0.1, 0.15) is 5.56 Å². The summed E-state index contributed by atoms with van der Waals surface area (Å²) in [6.07, 6.45) is 2.49. The van der Waals surface area contributed by atoms with E-state index in [2.05, 4.69) is 4.98 Å². The van der Waals surface area contributed by atoms with Gasteiger partial charge in [0.1, 0.15) is 6.67 Å². The quantitative estimate of drug-likeness (QED) is 0.767. The summed E-state index contributed by atoms with van der Waals surface area (Å²) in [7, 11) is 0. The highest BCUT2D eigenvalue weighted by Crippen LogP contribution is 2.18. The van der Waals surface area contributed by atoms with Gasteiger partial charge in [0.25, 0.3) is 0 Å². The normalized spacial score (nSPS) is 13.3. The van der Waals surface area contributed by atoms with E-state index in [1.54, 1.807) is 0 Å². The minimum Gasteiger partial charge on any atom is -0.361 e. The largest absolute Gasteiger partial charge is 0.361 e. The summed E-state index contributed by atoms with van der Waals surface area (Å²) >= 11 is 0. The number of para-hydroxylation sites is 1. The summed E-state index contributed by atoms with van der Waals surface area (Å²) in [6.45, 7) is -0.473. The molecule has 0 saturated carbocycles. The number of benzene rings is 1. The first-order chi connectivity index (χ1) is 6.81. The lowest BCUT2D eigenvalue weighted by molar-refractivity contribution is 0.427. The van der Waals surface area contributed by atoms with Crippen molar-refractivity contribution in [2.24, 2.45) is 5.73 Å². The molecule has 1 atom stereocenters. The van der Waals surface area contributed by atoms with E-state index in [0.717, 1.165) is 16.5 Å². The summed E-state index contributed by atoms with van der Waals surface area (Å²) in [5.74, 6) is 0. The second kappa shape index (κ2) is 3.80. The van der Waals surface area contributed by atoms with Gasteiger partial charge in [0.2, 0.25) is 0 Å². The molecule has 0 amide bonds. The summed E-state index contributed by atoms with van der Waals surface area (Å²) in [5.41, 5.74) is 7.73. The van der Waals surface area contributed by atoms with Crippen LogP contribution in [0.3, 0.4) is 0 Å². The monoisotopic (exact) mass is 192 g/mol. The van der Waals surface area contributed by atoms with E-state index < -0.39 is 12.7 Å². The summed E-state index contributed by atoms with van der Waals surface area (Å²) in [5, 5.41) is 1.14. The first-order valence-electron chi connectivity index (χ1n) is 4.68. The second-order valence-electron chi connectivity index (χ2n) is 3.48. The number of nitrogens with two attached hydrogens (primary N) is 1. The standard InChI is InChI=1S/C11H13FN2/c12-6-9(13)5-8-7-14-11-4-2-1-3-10(8)11/h1-4,7,9,14H,5-6,13H2/t9-/m0/s1. The highest BCUT2D eigenvalue weighted by atomic mass is 19.1. The molecule has 1 aromatic heterocycles. The zero-order chi connectivity index (χ0) is 9.97. The summed E-state index contributed by atoms with van der Waals surface area (Å²) in [4.78, 5) is 3.14. The Balaban J connectivity index is 2.33. The van der Waals surface area contributed by atoms with E-state index >= 15 is 0 Å². The Morgan fingerprint density at radius 3 is 2.93 bits per heavy atom. The number of hydrogen-bond acceptors (Lipinski definition) is 1. The molecule has 2 rings (SSSR count). The Kier molecular flexibility index (Phi) is 2.50. The third-order valence-corrected chi connectivity index (χ3v) is 2.36. The van der Waals surface area contributed by atoms with Crippen molar-refractivity contribution in [1.29, 1.82) is 0 Å². The molecular weight excluding hydrogens is 179 g/mol. The Bertz CT molecular complexity index is 422. The molecule has 0 bridgehead atoms. The topological polar surface area (TPSA) is 41.8 Å². The molecule has 3 heteroatoms. The molecule has 74 valence electrons. The summed E-state index contributed by atoms with van der Waals surface area (Å²) < 4.78 is 12.2. The summed E-state index contributed by atoms with van der Waals surface area (Å²) in [6, 6.07) is 7.57. The van der Waals surface area contributed by atoms with Gasteiger partial charge in [-0.05, 0) is 18.1 Å². The molecule has 1 aromatic carbocycles. The van der Waals surface area contributed by atoms with Crippen LogP contribution in [0.2, 0.25) is 0 Å². The minimum atomic E-state index is -0.473. The third-order valence-electron chi connectivity index (χ3n) is 2.36. The lowest BCUT2D eigenvalue weighted by Crippen LogP contribution is -2.24. The van der Waals surface area contributed by atoms with Gasteiger partial charge in [0, 0.05) is 23.1 Å². The Morgan fingerprint density at radius 1 is 1.36 bits per heavy atom. The van der Waals surface area contributed by atoms with Crippen LogP contribution >= 0.6 is 0 Å². The van der Waals surface area contributed by atoms with Crippen LogP contribution < -0.4 is 5.73 Å². The van der Waals surface area contributed by atoms with Gasteiger partial charge in [-0.2, -0.15) is 0 Å². The number of fused-ring (bicyclic) bond motifs is 1. The van der Waals surface area contributed by atoms with Crippen LogP contribution in [0.4, 0.5) is 4.39 Å². The van der Waals surface area contributed by atoms with Gasteiger partial charge in [-0.1, -0.05) is 18.2 Å². The first-order valence-corrected chi connectivity index (χ1v) is 4.68. The van der Waals surface area contributed by atoms with Crippen LogP contribution in [0.25, 0.3) is 10.9 Å². The lowest BCUT2D eigenvalue weighted by Gasteiger charge is -2.04. The zero-order valence-corrected chi connectivity index (χ0v) is 7.83. The second-order valence-corrected chi connectivity index (χ2v) is 3.48. The molecule has 1 heterocycles. The van der Waals surface area contributed by atoms with E-state index in [4.69, 9.17) is 5.73 Å². The zero-order valence-electron chi connectivity index (χ0n) is 7.83. The smallest absolute Gasteiger partial charge is 0.105 e. The lowest BCUT2D eigenvalue weighted by atomic mass is 10.1. The fourth-order valence-corrected chi connectivity index (χ4v) is 1.64. The van der Waals surface area contributed by atoms with E-state index in [-0.39, 0.29) is 0 Å². The number of halogens is 1. The number of nitrogens with one attached hydrogen (secondary N) is 1. The fourth-order valence-electron chi connectivity index (χ4n) is 1.64. The van der Waals surface area contributed by atoms with Crippen molar-refractivity contribution in [3.63, 3.8) is 0 Å². The molecule has 2 aromatic rings. The first kappa shape index (κ1) is 9.21. The van der Waals surface area contributed by atoms with E-state index in [0.29, 0.717) is 6.42 Å². The van der Waals surface area contributed by atoms with Crippen LogP contribution in [0, 0.1) is 0 Å². The average molecular weight is 192 g/mol. The average Bonchev–Trinajstić information content (AvgIpc) is 2.62. The molecule has 0 unspecified atom stereocenters. The molecular formula is C11H13FN2. The molecule has 0 aliphatic carbocycles. The number of aromatic nitrogens is 1. The predicted molar refractivity (Wildman–Crippen MR) is 56.0 cm³/mol. The van der Waals surface area contributed by atoms with Crippen LogP contribution in [0.15, 0.2) is 30.5 Å². The van der Waals surface area contributed by atoms with E-state index in [1.165, 1.54) is 0 Å². The number of rotatable bonds is 3. The molecule has 0 radical (unpaired) electrons. The predicted octanol–water partition coefficient (Wildman–Crippen LogP) is 2.01. The van der Waals surface area contributed by atoms with E-state index in [9.17, 15) is 4.39 Å². The van der Waals surface area contributed by atoms with E-state index in [1.807, 2.05) is 30.5 Å². The van der Waals surface area contributed by atoms with Crippen LogP contribution in [-0.2, 0) is 6.42 Å². The van der Waals surface area contributed by atoms with Crippen LogP contribution in [-0.4, -0.2) is 17.7 Å². The number of H-pyrrole nitrogens is 1. The molecule has 0 aliphatic rings. The molecule has 14 heavy (non-hydrogen) atoms. The Morgan fingerprint density at radius 2 is 2.14 bits per heavy atom. The molecule has 0 aliphatic heterocycles. The molecule has 0 spiro atoms. The molecule has 0 fully saturated rings. The van der Waals surface area contributed by atoms with Gasteiger partial charge >= 0.3 is 0 Å². The van der Waals surface area contributed by atoms with Crippen molar-refractivity contribution in [1.82, 2.24) is 4.98 Å². The number of alkyl halides is 1. The Hall–Kier alpha value is -1.35. The van der Waals surface area contributed by atoms with Gasteiger partial charge < -0.3 is 10.7 Å². The highest BCUT2D eigenvalue weighted by Gasteiger charge is 2.07. The minimum absolute atomic E-state index is 0.394. The maximum absolute atomic E-state index is 12.2. The molecule has 3 N–H and O–H groups in total. The van der Waals surface area contributed by atoms with Crippen molar-refractivity contribution in [3.8, 4) is 0 Å². The number of hydrogen-bond donors (Lipinski definition) is 2. The van der Waals surface area contributed by atoms with Gasteiger partial charge in [-0.3, -0.25) is 0 Å². The van der Waals surface area contributed by atoms with Crippen molar-refractivity contribution in [2.45, 2.75) is 12.5 Å². The Labute approximate surface area is 81.9 Å². The number of aromatic amines is 1. The fraction of sp³-hybridized carbons (Fsp3) is 0.273. The maximum atomic E-state index is 12.2. The van der Waals surface area contributed by atoms with Gasteiger partial charge in [-0.15, -0.1) is 0 Å². The van der Waals surface area contributed by atoms with Crippen molar-refractivity contribution in [3.05, 3.63) is 36.0 Å². The van der Waals surface area contributed by atoms with Crippen molar-refractivity contribution < 1.29 is 4.39 Å².